The molecule has 1 aliphatic rings. The van der Waals surface area contributed by atoms with E-state index in [2.05, 4.69) is 5.32 Å². The maximum Gasteiger partial charge on any atom is 0.407 e. The molecule has 5 atom stereocenters. The molecule has 0 spiro atoms. The highest BCUT2D eigenvalue weighted by Gasteiger charge is 2.48. The number of esters is 2. The highest BCUT2D eigenvalue weighted by atomic mass is 16.6. The average Bonchev–Trinajstić information content (AvgIpc) is 3.11. The van der Waals surface area contributed by atoms with Crippen LogP contribution in [0.15, 0.2) is 30.3 Å². The van der Waals surface area contributed by atoms with Crippen LogP contribution in [0.3, 0.4) is 0 Å². The minimum Gasteiger partial charge on any atom is -0.463 e. The molecule has 1 unspecified atom stereocenters. The molecule has 1 aromatic carbocycles. The summed E-state index contributed by atoms with van der Waals surface area (Å²) in [5.74, 6) is -1.02. The van der Waals surface area contributed by atoms with Crippen LogP contribution in [-0.2, 0) is 35.1 Å². The van der Waals surface area contributed by atoms with E-state index in [4.69, 9.17) is 21.7 Å². The third-order valence-electron chi connectivity index (χ3n) is 8.63. The Hall–Kier alpha value is -2.69. The van der Waals surface area contributed by atoms with Crippen molar-refractivity contribution in [1.29, 1.82) is 0 Å². The van der Waals surface area contributed by atoms with Gasteiger partial charge in [0.1, 0.15) is 31.5 Å². The number of rotatable bonds is 26. The van der Waals surface area contributed by atoms with Crippen molar-refractivity contribution in [3.05, 3.63) is 35.9 Å². The standard InChI is InChI=1S/C38H63NO9/c1-3-5-7-9-11-13-15-17-22-26-32(40)45-29-31-35(42)36(48-33(41)27-23-18-16-14-12-10-8-6-4-2)34(37(43)47-31)39-38(44)46-28-30-24-20-19-21-25-30/h19-21,24-25,31,34-37,42-43H,3-18,22-23,26-29H2,1-2H3,(H,39,44)/t31-,34-,35-,36-,37?/m1/s1/i1D,2D. The quantitative estimate of drug-likeness (QED) is 0.0511. The molecule has 0 aliphatic carbocycles. The van der Waals surface area contributed by atoms with E-state index < -0.39 is 48.7 Å². The summed E-state index contributed by atoms with van der Waals surface area (Å²) in [6, 6.07) is 7.72. The lowest BCUT2D eigenvalue weighted by Gasteiger charge is -2.42. The number of hydrogen-bond acceptors (Lipinski definition) is 9. The molecule has 0 bridgehead atoms. The van der Waals surface area contributed by atoms with Gasteiger partial charge in [-0.25, -0.2) is 4.79 Å². The number of aliphatic hydroxyl groups excluding tert-OH is 2. The molecule has 10 heteroatoms. The minimum absolute atomic E-state index is 0.0273. The molecule has 48 heavy (non-hydrogen) atoms. The number of carbonyl (C=O) groups excluding carboxylic acids is 3. The van der Waals surface area contributed by atoms with Gasteiger partial charge in [-0.05, 0) is 18.4 Å². The summed E-state index contributed by atoms with van der Waals surface area (Å²) in [7, 11) is 0. The molecule has 0 saturated carbocycles. The topological polar surface area (TPSA) is 141 Å². The predicted molar refractivity (Wildman–Crippen MR) is 185 cm³/mol. The lowest BCUT2D eigenvalue weighted by molar-refractivity contribution is -0.259. The number of benzene rings is 1. The number of ether oxygens (including phenoxy) is 4. The minimum atomic E-state index is -1.67. The van der Waals surface area contributed by atoms with E-state index >= 15 is 0 Å². The third kappa shape index (κ3) is 18.2. The van der Waals surface area contributed by atoms with E-state index in [1.165, 1.54) is 12.8 Å². The molecule has 10 nitrogen and oxygen atoms in total. The van der Waals surface area contributed by atoms with Gasteiger partial charge in [0.2, 0.25) is 0 Å². The number of aliphatic hydroxyl groups is 2. The molecule has 1 heterocycles. The molecule has 1 saturated heterocycles. The van der Waals surface area contributed by atoms with Gasteiger partial charge in [-0.15, -0.1) is 0 Å². The van der Waals surface area contributed by atoms with Crippen molar-refractivity contribution in [2.24, 2.45) is 0 Å². The van der Waals surface area contributed by atoms with Gasteiger partial charge in [0, 0.05) is 15.6 Å². The molecule has 1 amide bonds. The van der Waals surface area contributed by atoms with Crippen LogP contribution < -0.4 is 5.32 Å². The fourth-order valence-corrected chi connectivity index (χ4v) is 5.74. The van der Waals surface area contributed by atoms with Crippen molar-refractivity contribution < 1.29 is 46.3 Å². The van der Waals surface area contributed by atoms with Gasteiger partial charge in [-0.1, -0.05) is 147 Å². The molecule has 0 aromatic heterocycles. The molecule has 1 aromatic rings. The summed E-state index contributed by atoms with van der Waals surface area (Å²) in [4.78, 5) is 38.0. The third-order valence-corrected chi connectivity index (χ3v) is 8.63. The molecular weight excluding hydrogens is 614 g/mol. The average molecular weight is 680 g/mol. The normalized spacial score (nSPS) is 21.2. The Labute approximate surface area is 291 Å². The van der Waals surface area contributed by atoms with Crippen molar-refractivity contribution in [2.45, 2.75) is 179 Å². The lowest BCUT2D eigenvalue weighted by atomic mass is 9.96. The van der Waals surface area contributed by atoms with E-state index in [0.29, 0.717) is 26.6 Å². The van der Waals surface area contributed by atoms with Gasteiger partial charge in [0.25, 0.3) is 0 Å². The smallest absolute Gasteiger partial charge is 0.407 e. The highest BCUT2D eigenvalue weighted by molar-refractivity contribution is 5.70. The van der Waals surface area contributed by atoms with Crippen LogP contribution >= 0.6 is 0 Å². The number of unbranched alkanes of at least 4 members (excludes halogenated alkanes) is 16. The zero-order valence-electron chi connectivity index (χ0n) is 31.0. The first-order valence-corrected chi connectivity index (χ1v) is 18.3. The number of carbonyl (C=O) groups is 3. The van der Waals surface area contributed by atoms with Crippen LogP contribution in [0.1, 0.15) is 151 Å². The molecule has 0 radical (unpaired) electrons. The largest absolute Gasteiger partial charge is 0.463 e. The maximum absolute atomic E-state index is 12.9. The van der Waals surface area contributed by atoms with Crippen molar-refractivity contribution in [1.82, 2.24) is 5.32 Å². The Balaban J connectivity index is 1.82. The number of alkyl carbamates (subject to hydrolysis) is 1. The second kappa shape index (κ2) is 26.2. The first-order chi connectivity index (χ1) is 24.3. The van der Waals surface area contributed by atoms with Crippen LogP contribution in [0.5, 0.6) is 0 Å². The van der Waals surface area contributed by atoms with Crippen LogP contribution in [0, 0.1) is 0 Å². The van der Waals surface area contributed by atoms with Gasteiger partial charge in [0.05, 0.1) is 0 Å². The number of hydrogen-bond donors (Lipinski definition) is 3. The zero-order valence-corrected chi connectivity index (χ0v) is 29.0. The summed E-state index contributed by atoms with van der Waals surface area (Å²) in [5, 5.41) is 24.5. The summed E-state index contributed by atoms with van der Waals surface area (Å²) in [6.45, 7) is 0.605. The van der Waals surface area contributed by atoms with Crippen LogP contribution in [0.4, 0.5) is 4.79 Å². The summed E-state index contributed by atoms with van der Waals surface area (Å²) < 4.78 is 36.2. The predicted octanol–water partition coefficient (Wildman–Crippen LogP) is 7.66. The molecule has 274 valence electrons. The Bertz CT molecular complexity index is 1030. The van der Waals surface area contributed by atoms with Crippen molar-refractivity contribution >= 4 is 18.0 Å². The van der Waals surface area contributed by atoms with E-state index in [9.17, 15) is 24.6 Å². The lowest BCUT2D eigenvalue weighted by Crippen LogP contribution is -2.65. The van der Waals surface area contributed by atoms with E-state index in [1.807, 2.05) is 18.2 Å². The highest BCUT2D eigenvalue weighted by Crippen LogP contribution is 2.25. The first kappa shape index (κ1) is 38.1. The number of nitrogens with one attached hydrogen (secondary N) is 1. The Morgan fingerprint density at radius 1 is 0.729 bits per heavy atom. The van der Waals surface area contributed by atoms with Crippen molar-refractivity contribution in [3.8, 4) is 0 Å². The van der Waals surface area contributed by atoms with Crippen molar-refractivity contribution in [3.63, 3.8) is 0 Å². The van der Waals surface area contributed by atoms with Gasteiger partial charge in [0.15, 0.2) is 12.4 Å². The fraction of sp³-hybridized carbons (Fsp3) is 0.763. The van der Waals surface area contributed by atoms with Gasteiger partial charge in [-0.3, -0.25) is 9.59 Å². The Morgan fingerprint density at radius 3 is 1.81 bits per heavy atom. The Morgan fingerprint density at radius 2 is 1.25 bits per heavy atom. The number of amides is 1. The Kier molecular flexibility index (Phi) is 20.8. The van der Waals surface area contributed by atoms with Gasteiger partial charge >= 0.3 is 18.0 Å². The molecule has 3 N–H and O–H groups in total. The van der Waals surface area contributed by atoms with Crippen LogP contribution in [0.25, 0.3) is 0 Å². The summed E-state index contributed by atoms with van der Waals surface area (Å²) in [6.07, 6.45) is 12.0. The van der Waals surface area contributed by atoms with E-state index in [0.717, 1.165) is 95.5 Å². The summed E-state index contributed by atoms with van der Waals surface area (Å²) >= 11 is 0. The van der Waals surface area contributed by atoms with E-state index in [1.54, 1.807) is 12.1 Å². The SMILES string of the molecule is [2H]CCCCCCCCCCCC(=O)OC[C@H]1OC(O)[C@H](NC(=O)OCc2ccccc2)[C@@H](OC(=O)CCCCCCCCCCC[2H])[C@@H]1O. The van der Waals surface area contributed by atoms with E-state index in [-0.39, 0.29) is 26.1 Å². The zero-order chi connectivity index (χ0) is 36.2. The van der Waals surface area contributed by atoms with Crippen molar-refractivity contribution in [2.75, 3.05) is 6.61 Å². The summed E-state index contributed by atoms with van der Waals surface area (Å²) in [5.41, 5.74) is 0.754. The second-order valence-electron chi connectivity index (χ2n) is 12.8. The maximum atomic E-state index is 12.9. The van der Waals surface area contributed by atoms with Gasteiger partial charge < -0.3 is 34.5 Å². The molecule has 1 fully saturated rings. The molecular formula is C38H63NO9. The molecule has 2 rings (SSSR count). The monoisotopic (exact) mass is 679 g/mol. The van der Waals surface area contributed by atoms with Crippen LogP contribution in [0.2, 0.25) is 0 Å². The first-order valence-electron chi connectivity index (χ1n) is 19.7. The fourth-order valence-electron chi connectivity index (χ4n) is 5.74. The van der Waals surface area contributed by atoms with Gasteiger partial charge in [-0.2, -0.15) is 0 Å². The molecule has 1 aliphatic heterocycles. The van der Waals surface area contributed by atoms with Crippen LogP contribution in [-0.4, -0.2) is 65.5 Å². The second-order valence-corrected chi connectivity index (χ2v) is 12.8.